The number of aliphatic carboxylic acids is 1. The molecule has 27 heavy (non-hydrogen) atoms. The van der Waals surface area contributed by atoms with Gasteiger partial charge in [0.25, 0.3) is 16.0 Å². The molecular weight excluding hydrogens is 374 g/mol. The van der Waals surface area contributed by atoms with Crippen LogP contribution in [-0.2, 0) is 14.9 Å². The lowest BCUT2D eigenvalue weighted by Gasteiger charge is -2.17. The average molecular weight is 395 g/mol. The molecule has 9 heteroatoms. The van der Waals surface area contributed by atoms with E-state index in [4.69, 9.17) is 14.4 Å². The molecule has 8 nitrogen and oxygen atoms in total. The van der Waals surface area contributed by atoms with E-state index in [0.29, 0.717) is 12.0 Å². The van der Waals surface area contributed by atoms with Crippen molar-refractivity contribution in [2.75, 3.05) is 12.4 Å². The molecule has 0 aliphatic heterocycles. The predicted molar refractivity (Wildman–Crippen MR) is 99.7 cm³/mol. The first-order valence-electron chi connectivity index (χ1n) is 8.36. The number of hydrogen-bond donors (Lipinski definition) is 3. The van der Waals surface area contributed by atoms with Crippen molar-refractivity contribution in [1.82, 2.24) is 5.32 Å². The molecule has 0 spiro atoms. The summed E-state index contributed by atoms with van der Waals surface area (Å²) >= 11 is 0. The molecule has 1 amide bonds. The van der Waals surface area contributed by atoms with Crippen molar-refractivity contribution < 1.29 is 32.4 Å². The van der Waals surface area contributed by atoms with Crippen LogP contribution in [0, 0.1) is 0 Å². The van der Waals surface area contributed by atoms with E-state index in [1.807, 2.05) is 6.92 Å². The van der Waals surface area contributed by atoms with E-state index in [2.05, 4.69) is 5.32 Å². The van der Waals surface area contributed by atoms with Crippen molar-refractivity contribution in [2.45, 2.75) is 25.8 Å². The maximum absolute atomic E-state index is 12.8. The molecule has 0 bridgehead atoms. The number of carbonyl (C=O) groups is 2. The number of carboxylic acids is 1. The highest BCUT2D eigenvalue weighted by Gasteiger charge is 2.28. The van der Waals surface area contributed by atoms with Gasteiger partial charge >= 0.3 is 5.97 Å². The highest BCUT2D eigenvalue weighted by atomic mass is 32.2. The van der Waals surface area contributed by atoms with E-state index in [-0.39, 0.29) is 11.3 Å². The van der Waals surface area contributed by atoms with Crippen molar-refractivity contribution >= 4 is 32.8 Å². The van der Waals surface area contributed by atoms with Crippen molar-refractivity contribution in [3.8, 4) is 5.75 Å². The summed E-state index contributed by atoms with van der Waals surface area (Å²) in [6, 6.07) is 8.59. The third-order valence-corrected chi connectivity index (χ3v) is 4.61. The molecule has 146 valence electrons. The van der Waals surface area contributed by atoms with Crippen LogP contribution in [0.25, 0.3) is 10.8 Å². The van der Waals surface area contributed by atoms with Crippen LogP contribution in [0.15, 0.2) is 36.4 Å². The highest BCUT2D eigenvalue weighted by Crippen LogP contribution is 2.28. The van der Waals surface area contributed by atoms with Crippen molar-refractivity contribution in [3.63, 3.8) is 0 Å². The highest BCUT2D eigenvalue weighted by molar-refractivity contribution is 7.85. The first-order chi connectivity index (χ1) is 12.7. The lowest BCUT2D eigenvalue weighted by Crippen LogP contribution is -2.45. The lowest BCUT2D eigenvalue weighted by atomic mass is 10.0. The first-order valence-corrected chi connectivity index (χ1v) is 9.97. The normalized spacial score (nSPS) is 12.5. The number of amides is 1. The van der Waals surface area contributed by atoms with E-state index < -0.39 is 33.8 Å². The number of carbonyl (C=O) groups excluding carboxylic acids is 1. The van der Waals surface area contributed by atoms with Gasteiger partial charge < -0.3 is 15.2 Å². The molecule has 0 heterocycles. The fourth-order valence-corrected chi connectivity index (χ4v) is 3.20. The molecule has 2 rings (SSSR count). The third-order valence-electron chi connectivity index (χ3n) is 3.85. The molecule has 0 aromatic heterocycles. The molecule has 2 aromatic carbocycles. The minimum atomic E-state index is -4.59. The summed E-state index contributed by atoms with van der Waals surface area (Å²) < 4.78 is 36.7. The van der Waals surface area contributed by atoms with Gasteiger partial charge in [0.2, 0.25) is 0 Å². The van der Waals surface area contributed by atoms with E-state index in [1.54, 1.807) is 36.4 Å². The smallest absolute Gasteiger partial charge is 0.327 e. The molecule has 0 fully saturated rings. The summed E-state index contributed by atoms with van der Waals surface area (Å²) in [6.45, 7) is 2.37. The van der Waals surface area contributed by atoms with Gasteiger partial charge in [0.05, 0.1) is 12.2 Å². The average Bonchev–Trinajstić information content (AvgIpc) is 2.59. The summed E-state index contributed by atoms with van der Waals surface area (Å²) in [4.78, 5) is 24.1. The molecular formula is C18H21NO7S. The number of fused-ring (bicyclic) bond motifs is 1. The van der Waals surface area contributed by atoms with Gasteiger partial charge in [-0.1, -0.05) is 43.7 Å². The number of carboxylic acid groups (broad SMARTS) is 1. The summed E-state index contributed by atoms with van der Waals surface area (Å²) in [7, 11) is -4.59. The van der Waals surface area contributed by atoms with Crippen molar-refractivity contribution in [1.29, 1.82) is 0 Å². The second-order valence-electron chi connectivity index (χ2n) is 5.97. The minimum Gasteiger partial charge on any atom is -0.493 e. The van der Waals surface area contributed by atoms with Crippen LogP contribution >= 0.6 is 0 Å². The Labute approximate surface area is 156 Å². The molecule has 0 saturated carbocycles. The zero-order valence-corrected chi connectivity index (χ0v) is 15.5. The largest absolute Gasteiger partial charge is 0.493 e. The molecule has 0 radical (unpaired) electrons. The molecule has 1 atom stereocenters. The van der Waals surface area contributed by atoms with Gasteiger partial charge in [-0.2, -0.15) is 8.42 Å². The van der Waals surface area contributed by atoms with Gasteiger partial charge in [-0.15, -0.1) is 0 Å². The van der Waals surface area contributed by atoms with Crippen LogP contribution in [0.1, 0.15) is 30.1 Å². The van der Waals surface area contributed by atoms with Crippen LogP contribution in [-0.4, -0.2) is 48.4 Å². The van der Waals surface area contributed by atoms with Gasteiger partial charge in [0.1, 0.15) is 17.5 Å². The standard InChI is InChI=1S/C18H21NO7S/c1-2-3-10-26-15-9-8-12-6-4-5-7-13(12)16(15)17(20)19-14(18(21)22)11-27(23,24)25/h4-9,14H,2-3,10-11H2,1H3,(H,19,20)(H,21,22)(H,23,24,25)/t14-/m0/s1. The number of ether oxygens (including phenoxy) is 1. The Kier molecular flexibility index (Phi) is 6.75. The Bertz CT molecular complexity index is 940. The van der Waals surface area contributed by atoms with E-state index in [0.717, 1.165) is 18.2 Å². The van der Waals surface area contributed by atoms with Gasteiger partial charge in [0, 0.05) is 0 Å². The van der Waals surface area contributed by atoms with Crippen molar-refractivity contribution in [2.24, 2.45) is 0 Å². The maximum Gasteiger partial charge on any atom is 0.327 e. The third kappa shape index (κ3) is 5.66. The Morgan fingerprint density at radius 2 is 1.89 bits per heavy atom. The Morgan fingerprint density at radius 3 is 2.52 bits per heavy atom. The first kappa shape index (κ1) is 20.7. The molecule has 0 unspecified atom stereocenters. The van der Waals surface area contributed by atoms with Crippen LogP contribution in [0.2, 0.25) is 0 Å². The topological polar surface area (TPSA) is 130 Å². The zero-order chi connectivity index (χ0) is 20.0. The predicted octanol–water partition coefficient (Wildman–Crippen LogP) is 2.09. The summed E-state index contributed by atoms with van der Waals surface area (Å²) in [5.74, 6) is -3.23. The Hall–Kier alpha value is -2.65. The number of unbranched alkanes of at least 4 members (excludes halogenated alkanes) is 1. The summed E-state index contributed by atoms with van der Waals surface area (Å²) in [5, 5.41) is 12.6. The maximum atomic E-state index is 12.8. The number of benzene rings is 2. The van der Waals surface area contributed by atoms with E-state index in [1.165, 1.54) is 0 Å². The number of hydrogen-bond acceptors (Lipinski definition) is 5. The van der Waals surface area contributed by atoms with E-state index in [9.17, 15) is 18.0 Å². The van der Waals surface area contributed by atoms with E-state index >= 15 is 0 Å². The van der Waals surface area contributed by atoms with Gasteiger partial charge in [-0.05, 0) is 23.3 Å². The monoisotopic (exact) mass is 395 g/mol. The Morgan fingerprint density at radius 1 is 1.19 bits per heavy atom. The van der Waals surface area contributed by atoms with Crippen LogP contribution in [0.3, 0.4) is 0 Å². The SMILES string of the molecule is CCCCOc1ccc2ccccc2c1C(=O)N[C@@H](CS(=O)(=O)O)C(=O)O. The summed E-state index contributed by atoms with van der Waals surface area (Å²) in [5.41, 5.74) is 0.116. The van der Waals surface area contributed by atoms with Crippen LogP contribution < -0.4 is 10.1 Å². The minimum absolute atomic E-state index is 0.116. The Balaban J connectivity index is 2.42. The van der Waals surface area contributed by atoms with Gasteiger partial charge in [-0.25, -0.2) is 4.79 Å². The zero-order valence-electron chi connectivity index (χ0n) is 14.7. The second kappa shape index (κ2) is 8.83. The lowest BCUT2D eigenvalue weighted by molar-refractivity contribution is -0.138. The van der Waals surface area contributed by atoms with Crippen LogP contribution in [0.5, 0.6) is 5.75 Å². The fraction of sp³-hybridized carbons (Fsp3) is 0.333. The second-order valence-corrected chi connectivity index (χ2v) is 7.47. The molecule has 0 aliphatic rings. The molecule has 3 N–H and O–H groups in total. The number of rotatable bonds is 9. The molecule has 0 aliphatic carbocycles. The van der Waals surface area contributed by atoms with Crippen molar-refractivity contribution in [3.05, 3.63) is 42.0 Å². The number of nitrogens with one attached hydrogen (secondary N) is 1. The van der Waals surface area contributed by atoms with Gasteiger partial charge in [0.15, 0.2) is 0 Å². The van der Waals surface area contributed by atoms with Gasteiger partial charge in [-0.3, -0.25) is 9.35 Å². The van der Waals surface area contributed by atoms with Crippen LogP contribution in [0.4, 0.5) is 0 Å². The molecule has 0 saturated heterocycles. The molecule has 2 aromatic rings. The quantitative estimate of drug-likeness (QED) is 0.438. The summed E-state index contributed by atoms with van der Waals surface area (Å²) in [6.07, 6.45) is 1.67. The fourth-order valence-electron chi connectivity index (χ4n) is 2.55.